The van der Waals surface area contributed by atoms with Gasteiger partial charge in [0.25, 0.3) is 0 Å². The van der Waals surface area contributed by atoms with Gasteiger partial charge in [0.1, 0.15) is 0 Å². The van der Waals surface area contributed by atoms with Crippen molar-refractivity contribution >= 4 is 5.91 Å². The number of amides is 1. The minimum atomic E-state index is 0.0197. The predicted molar refractivity (Wildman–Crippen MR) is 85.1 cm³/mol. The van der Waals surface area contributed by atoms with Gasteiger partial charge in [-0.05, 0) is 47.8 Å². The van der Waals surface area contributed by atoms with Gasteiger partial charge >= 0.3 is 0 Å². The van der Waals surface area contributed by atoms with Crippen molar-refractivity contribution in [2.45, 2.75) is 52.0 Å². The first-order chi connectivity index (χ1) is 9.95. The van der Waals surface area contributed by atoms with Crippen molar-refractivity contribution in [2.24, 2.45) is 11.1 Å². The molecular weight excluding hydrogens is 260 g/mol. The van der Waals surface area contributed by atoms with Crippen molar-refractivity contribution in [1.82, 2.24) is 4.90 Å². The van der Waals surface area contributed by atoms with Gasteiger partial charge in [0.2, 0.25) is 5.91 Å². The van der Waals surface area contributed by atoms with E-state index in [-0.39, 0.29) is 17.4 Å². The molecule has 0 saturated carbocycles. The molecule has 3 nitrogen and oxygen atoms in total. The Bertz CT molecular complexity index is 550. The summed E-state index contributed by atoms with van der Waals surface area (Å²) in [5.41, 5.74) is 10.2. The van der Waals surface area contributed by atoms with Gasteiger partial charge in [-0.2, -0.15) is 0 Å². The summed E-state index contributed by atoms with van der Waals surface area (Å²) in [6.07, 6.45) is 5.05. The van der Waals surface area contributed by atoms with Crippen LogP contribution in [0, 0.1) is 5.41 Å². The Morgan fingerprint density at radius 3 is 2.86 bits per heavy atom. The molecule has 1 saturated heterocycles. The Labute approximate surface area is 127 Å². The minimum absolute atomic E-state index is 0.0197. The first kappa shape index (κ1) is 14.6. The molecule has 0 bridgehead atoms. The third-order valence-electron chi connectivity index (χ3n) is 5.18. The van der Waals surface area contributed by atoms with Crippen LogP contribution in [0.2, 0.25) is 0 Å². The molecule has 1 heterocycles. The molecule has 1 aliphatic carbocycles. The van der Waals surface area contributed by atoms with Crippen LogP contribution in [0.25, 0.3) is 0 Å². The Hall–Kier alpha value is -1.35. The summed E-state index contributed by atoms with van der Waals surface area (Å²) in [6, 6.07) is 6.77. The maximum atomic E-state index is 12.5. The smallest absolute Gasteiger partial charge is 0.227 e. The summed E-state index contributed by atoms with van der Waals surface area (Å²) in [4.78, 5) is 14.5. The normalized spacial score (nSPS) is 24.0. The van der Waals surface area contributed by atoms with Crippen molar-refractivity contribution < 1.29 is 4.79 Å². The number of piperidine rings is 1. The van der Waals surface area contributed by atoms with Crippen LogP contribution in [0.5, 0.6) is 0 Å². The zero-order valence-corrected chi connectivity index (χ0v) is 13.2. The third-order valence-corrected chi connectivity index (χ3v) is 5.18. The van der Waals surface area contributed by atoms with Gasteiger partial charge in [-0.3, -0.25) is 4.79 Å². The van der Waals surface area contributed by atoms with E-state index in [1.165, 1.54) is 30.4 Å². The second-order valence-corrected chi connectivity index (χ2v) is 7.33. The highest BCUT2D eigenvalue weighted by molar-refractivity contribution is 5.79. The maximum Gasteiger partial charge on any atom is 0.227 e. The number of aryl methyl sites for hydroxylation is 2. The molecule has 1 fully saturated rings. The Balaban J connectivity index is 1.66. The van der Waals surface area contributed by atoms with E-state index in [4.69, 9.17) is 5.73 Å². The average Bonchev–Trinajstić information content (AvgIpc) is 2.89. The fourth-order valence-corrected chi connectivity index (χ4v) is 3.61. The molecular formula is C18H26N2O. The van der Waals surface area contributed by atoms with Gasteiger partial charge in [-0.15, -0.1) is 0 Å². The van der Waals surface area contributed by atoms with Gasteiger partial charge in [0, 0.05) is 19.1 Å². The van der Waals surface area contributed by atoms with Crippen LogP contribution in [0.3, 0.4) is 0 Å². The van der Waals surface area contributed by atoms with E-state index in [9.17, 15) is 4.79 Å². The number of carbonyl (C=O) groups is 1. The molecule has 1 atom stereocenters. The van der Waals surface area contributed by atoms with E-state index in [1.807, 2.05) is 4.90 Å². The van der Waals surface area contributed by atoms with Crippen molar-refractivity contribution in [3.05, 3.63) is 34.9 Å². The second kappa shape index (κ2) is 5.45. The molecule has 114 valence electrons. The van der Waals surface area contributed by atoms with Crippen LogP contribution < -0.4 is 5.73 Å². The lowest BCUT2D eigenvalue weighted by Gasteiger charge is -2.42. The van der Waals surface area contributed by atoms with E-state index in [0.717, 1.165) is 25.1 Å². The van der Waals surface area contributed by atoms with Crippen LogP contribution >= 0.6 is 0 Å². The molecule has 0 radical (unpaired) electrons. The lowest BCUT2D eigenvalue weighted by atomic mass is 9.79. The quantitative estimate of drug-likeness (QED) is 0.907. The van der Waals surface area contributed by atoms with Crippen LogP contribution in [0.15, 0.2) is 18.2 Å². The summed E-state index contributed by atoms with van der Waals surface area (Å²) in [7, 11) is 0. The summed E-state index contributed by atoms with van der Waals surface area (Å²) >= 11 is 0. The molecule has 0 aromatic heterocycles. The number of fused-ring (bicyclic) bond motifs is 1. The van der Waals surface area contributed by atoms with Crippen LogP contribution in [-0.2, 0) is 24.1 Å². The van der Waals surface area contributed by atoms with Crippen molar-refractivity contribution in [3.63, 3.8) is 0 Å². The number of rotatable bonds is 2. The molecule has 3 heteroatoms. The summed E-state index contributed by atoms with van der Waals surface area (Å²) in [5.74, 6) is 0.243. The van der Waals surface area contributed by atoms with Crippen molar-refractivity contribution in [3.8, 4) is 0 Å². The number of nitrogens with zero attached hydrogens (tertiary/aromatic N) is 1. The van der Waals surface area contributed by atoms with Crippen LogP contribution in [-0.4, -0.2) is 29.9 Å². The zero-order chi connectivity index (χ0) is 15.0. The molecule has 1 aromatic rings. The predicted octanol–water partition coefficient (Wildman–Crippen LogP) is 2.30. The molecule has 1 aliphatic heterocycles. The maximum absolute atomic E-state index is 12.5. The lowest BCUT2D eigenvalue weighted by molar-refractivity contribution is -0.133. The number of nitrogens with two attached hydrogens (primary N) is 1. The molecule has 1 aromatic carbocycles. The minimum Gasteiger partial charge on any atom is -0.342 e. The van der Waals surface area contributed by atoms with E-state index >= 15 is 0 Å². The lowest BCUT2D eigenvalue weighted by Crippen LogP contribution is -2.54. The molecule has 1 amide bonds. The average molecular weight is 286 g/mol. The molecule has 0 spiro atoms. The van der Waals surface area contributed by atoms with Gasteiger partial charge in [0.05, 0.1) is 6.42 Å². The Kier molecular flexibility index (Phi) is 3.78. The molecule has 1 unspecified atom stereocenters. The second-order valence-electron chi connectivity index (χ2n) is 7.33. The Morgan fingerprint density at radius 2 is 2.10 bits per heavy atom. The Morgan fingerprint density at radius 1 is 1.33 bits per heavy atom. The zero-order valence-electron chi connectivity index (χ0n) is 13.2. The molecule has 2 aliphatic rings. The first-order valence-electron chi connectivity index (χ1n) is 8.10. The topological polar surface area (TPSA) is 46.3 Å². The number of benzene rings is 1. The molecule has 3 rings (SSSR count). The number of hydrogen-bond donors (Lipinski definition) is 1. The van der Waals surface area contributed by atoms with Gasteiger partial charge in [-0.1, -0.05) is 32.0 Å². The number of carbonyl (C=O) groups excluding carboxylic acids is 1. The van der Waals surface area contributed by atoms with E-state index in [1.54, 1.807) is 0 Å². The van der Waals surface area contributed by atoms with Crippen molar-refractivity contribution in [1.29, 1.82) is 0 Å². The summed E-state index contributed by atoms with van der Waals surface area (Å²) < 4.78 is 0. The van der Waals surface area contributed by atoms with Gasteiger partial charge in [0.15, 0.2) is 0 Å². The van der Waals surface area contributed by atoms with Crippen molar-refractivity contribution in [2.75, 3.05) is 13.1 Å². The number of hydrogen-bond acceptors (Lipinski definition) is 2. The largest absolute Gasteiger partial charge is 0.342 e. The summed E-state index contributed by atoms with van der Waals surface area (Å²) in [5, 5.41) is 0. The highest BCUT2D eigenvalue weighted by atomic mass is 16.2. The highest BCUT2D eigenvalue weighted by Crippen LogP contribution is 2.28. The molecule has 2 N–H and O–H groups in total. The molecule has 21 heavy (non-hydrogen) atoms. The highest BCUT2D eigenvalue weighted by Gasteiger charge is 2.35. The standard InChI is InChI=1S/C18H26N2O/c1-18(2)12-20(9-8-16(18)19)17(21)11-13-6-7-14-4-3-5-15(14)10-13/h6-7,10,16H,3-5,8-9,11-12,19H2,1-2H3. The first-order valence-corrected chi connectivity index (χ1v) is 8.10. The number of likely N-dealkylation sites (tertiary alicyclic amines) is 1. The van der Waals surface area contributed by atoms with Gasteiger partial charge < -0.3 is 10.6 Å². The van der Waals surface area contributed by atoms with E-state index in [0.29, 0.717) is 6.42 Å². The van der Waals surface area contributed by atoms with Gasteiger partial charge in [-0.25, -0.2) is 0 Å². The van der Waals surface area contributed by atoms with E-state index in [2.05, 4.69) is 32.0 Å². The fourth-order valence-electron chi connectivity index (χ4n) is 3.61. The van der Waals surface area contributed by atoms with Crippen LogP contribution in [0.1, 0.15) is 43.4 Å². The fraction of sp³-hybridized carbons (Fsp3) is 0.611. The monoisotopic (exact) mass is 286 g/mol. The van der Waals surface area contributed by atoms with E-state index < -0.39 is 0 Å². The SMILES string of the molecule is CC1(C)CN(C(=O)Cc2ccc3c(c2)CCC3)CCC1N. The summed E-state index contributed by atoms with van der Waals surface area (Å²) in [6.45, 7) is 5.89. The third kappa shape index (κ3) is 2.98. The van der Waals surface area contributed by atoms with Crippen LogP contribution in [0.4, 0.5) is 0 Å².